The van der Waals surface area contributed by atoms with Gasteiger partial charge in [0.25, 0.3) is 0 Å². The molecule has 0 atom stereocenters. The summed E-state index contributed by atoms with van der Waals surface area (Å²) in [7, 11) is -1.72. The molecule has 0 unspecified atom stereocenters. The molecule has 5 heteroatoms. The first-order valence-corrected chi connectivity index (χ1v) is 7.45. The zero-order valence-corrected chi connectivity index (χ0v) is 11.5. The smallest absolute Gasteiger partial charge is 0.232 e. The molecule has 0 aliphatic rings. The van der Waals surface area contributed by atoms with Crippen LogP contribution in [0.1, 0.15) is 18.9 Å². The number of sulfonamides is 1. The van der Waals surface area contributed by atoms with E-state index in [9.17, 15) is 8.42 Å². The Morgan fingerprint density at radius 1 is 1.28 bits per heavy atom. The Labute approximate surface area is 109 Å². The quantitative estimate of drug-likeness (QED) is 0.774. The number of methoxy groups -OCH3 is 1. The molecule has 0 saturated carbocycles. The maximum atomic E-state index is 11.7. The summed E-state index contributed by atoms with van der Waals surface area (Å²) in [5, 5.41) is 0. The Hall–Kier alpha value is -1.33. The average Bonchev–Trinajstić information content (AvgIpc) is 2.32. The van der Waals surface area contributed by atoms with E-state index in [1.165, 1.54) is 0 Å². The molecule has 1 rings (SSSR count). The fourth-order valence-corrected chi connectivity index (χ4v) is 2.57. The molecule has 1 N–H and O–H groups in total. The number of hydrogen-bond donors (Lipinski definition) is 1. The molecule has 100 valence electrons. The summed E-state index contributed by atoms with van der Waals surface area (Å²) in [4.78, 5) is 0. The highest BCUT2D eigenvalue weighted by Crippen LogP contribution is 2.12. The summed E-state index contributed by atoms with van der Waals surface area (Å²) >= 11 is 0. The van der Waals surface area contributed by atoms with Crippen LogP contribution in [-0.4, -0.2) is 27.9 Å². The van der Waals surface area contributed by atoms with Gasteiger partial charge in [-0.25, -0.2) is 8.42 Å². The predicted octanol–water partition coefficient (Wildman–Crippen LogP) is 2.50. The Kier molecular flexibility index (Phi) is 5.88. The Balaban J connectivity index is 2.60. The minimum Gasteiger partial charge on any atom is -0.385 e. The average molecular weight is 269 g/mol. The topological polar surface area (TPSA) is 55.4 Å². The molecule has 0 fully saturated rings. The van der Waals surface area contributed by atoms with E-state index in [2.05, 4.69) is 4.72 Å². The highest BCUT2D eigenvalue weighted by atomic mass is 32.2. The lowest BCUT2D eigenvalue weighted by Gasteiger charge is -2.07. The Bertz CT molecular complexity index is 477. The lowest BCUT2D eigenvalue weighted by molar-refractivity contribution is 0.199. The van der Waals surface area contributed by atoms with Gasteiger partial charge in [-0.3, -0.25) is 4.72 Å². The molecule has 18 heavy (non-hydrogen) atoms. The second-order valence-corrected chi connectivity index (χ2v) is 5.73. The molecular weight excluding hydrogens is 250 g/mol. The van der Waals surface area contributed by atoms with Crippen LogP contribution in [0.15, 0.2) is 30.3 Å². The zero-order chi connectivity index (χ0) is 13.4. The van der Waals surface area contributed by atoms with Crippen molar-refractivity contribution in [1.82, 2.24) is 0 Å². The second kappa shape index (κ2) is 7.18. The van der Waals surface area contributed by atoms with Crippen molar-refractivity contribution >= 4 is 21.8 Å². The van der Waals surface area contributed by atoms with Crippen LogP contribution < -0.4 is 4.72 Å². The monoisotopic (exact) mass is 269 g/mol. The van der Waals surface area contributed by atoms with E-state index >= 15 is 0 Å². The summed E-state index contributed by atoms with van der Waals surface area (Å²) in [6.45, 7) is 2.38. The third-order valence-corrected chi connectivity index (χ3v) is 3.68. The van der Waals surface area contributed by atoms with Crippen molar-refractivity contribution in [2.24, 2.45) is 0 Å². The third-order valence-electron chi connectivity index (χ3n) is 2.30. The molecule has 0 saturated heterocycles. The van der Waals surface area contributed by atoms with E-state index in [0.29, 0.717) is 18.7 Å². The van der Waals surface area contributed by atoms with Crippen molar-refractivity contribution in [2.75, 3.05) is 24.2 Å². The van der Waals surface area contributed by atoms with Gasteiger partial charge >= 0.3 is 0 Å². The second-order valence-electron chi connectivity index (χ2n) is 3.89. The molecule has 0 spiro atoms. The van der Waals surface area contributed by atoms with Crippen LogP contribution in [0.25, 0.3) is 6.08 Å². The zero-order valence-electron chi connectivity index (χ0n) is 10.7. The van der Waals surface area contributed by atoms with Crippen LogP contribution in [0, 0.1) is 0 Å². The largest absolute Gasteiger partial charge is 0.385 e. The van der Waals surface area contributed by atoms with E-state index in [1.807, 2.05) is 31.2 Å². The van der Waals surface area contributed by atoms with Crippen molar-refractivity contribution in [1.29, 1.82) is 0 Å². The first-order valence-electron chi connectivity index (χ1n) is 5.79. The maximum absolute atomic E-state index is 11.7. The SMILES string of the molecule is CC=Cc1ccc(NS(=O)(=O)CCCOC)cc1. The minimum absolute atomic E-state index is 0.0669. The summed E-state index contributed by atoms with van der Waals surface area (Å²) in [6, 6.07) is 7.24. The van der Waals surface area contributed by atoms with E-state index in [0.717, 1.165) is 5.56 Å². The van der Waals surface area contributed by atoms with Crippen LogP contribution >= 0.6 is 0 Å². The standard InChI is InChI=1S/C13H19NO3S/c1-3-5-12-6-8-13(9-7-12)14-18(15,16)11-4-10-17-2/h3,5-9,14H,4,10-11H2,1-2H3. The van der Waals surface area contributed by atoms with Gasteiger partial charge in [-0.2, -0.15) is 0 Å². The van der Waals surface area contributed by atoms with Gasteiger partial charge in [0.2, 0.25) is 10.0 Å². The van der Waals surface area contributed by atoms with Crippen LogP contribution in [0.2, 0.25) is 0 Å². The molecule has 0 heterocycles. The van der Waals surface area contributed by atoms with Gasteiger partial charge in [-0.05, 0) is 31.0 Å². The maximum Gasteiger partial charge on any atom is 0.232 e. The number of nitrogens with one attached hydrogen (secondary N) is 1. The first-order chi connectivity index (χ1) is 8.57. The molecule has 1 aromatic rings. The van der Waals surface area contributed by atoms with Crippen molar-refractivity contribution in [3.63, 3.8) is 0 Å². The summed E-state index contributed by atoms with van der Waals surface area (Å²) in [6.07, 6.45) is 4.38. The molecular formula is C13H19NO3S. The van der Waals surface area contributed by atoms with Crippen molar-refractivity contribution in [2.45, 2.75) is 13.3 Å². The van der Waals surface area contributed by atoms with Gasteiger partial charge in [0.15, 0.2) is 0 Å². The van der Waals surface area contributed by atoms with Crippen molar-refractivity contribution < 1.29 is 13.2 Å². The molecule has 0 aromatic heterocycles. The molecule has 4 nitrogen and oxygen atoms in total. The van der Waals surface area contributed by atoms with Crippen LogP contribution in [-0.2, 0) is 14.8 Å². The van der Waals surface area contributed by atoms with Gasteiger partial charge in [0, 0.05) is 19.4 Å². The number of hydrogen-bond acceptors (Lipinski definition) is 3. The Morgan fingerprint density at radius 2 is 1.94 bits per heavy atom. The fraction of sp³-hybridized carbons (Fsp3) is 0.385. The number of anilines is 1. The van der Waals surface area contributed by atoms with E-state index in [-0.39, 0.29) is 5.75 Å². The number of benzene rings is 1. The number of rotatable bonds is 7. The lowest BCUT2D eigenvalue weighted by atomic mass is 10.2. The van der Waals surface area contributed by atoms with Crippen LogP contribution in [0.5, 0.6) is 0 Å². The van der Waals surface area contributed by atoms with E-state index in [1.54, 1.807) is 19.2 Å². The third kappa shape index (κ3) is 5.33. The molecule has 0 bridgehead atoms. The summed E-state index contributed by atoms with van der Waals surface area (Å²) < 4.78 is 30.8. The molecule has 1 aromatic carbocycles. The molecule has 0 radical (unpaired) electrons. The van der Waals surface area contributed by atoms with Gasteiger partial charge in [-0.15, -0.1) is 0 Å². The van der Waals surface area contributed by atoms with Gasteiger partial charge in [0.05, 0.1) is 5.75 Å². The normalized spacial score (nSPS) is 11.9. The van der Waals surface area contributed by atoms with Crippen LogP contribution in [0.3, 0.4) is 0 Å². The minimum atomic E-state index is -3.28. The summed E-state index contributed by atoms with van der Waals surface area (Å²) in [5.74, 6) is 0.0669. The predicted molar refractivity (Wildman–Crippen MR) is 75.1 cm³/mol. The Morgan fingerprint density at radius 3 is 2.50 bits per heavy atom. The number of ether oxygens (including phenoxy) is 1. The van der Waals surface area contributed by atoms with E-state index in [4.69, 9.17) is 4.74 Å². The highest BCUT2D eigenvalue weighted by Gasteiger charge is 2.09. The number of allylic oxidation sites excluding steroid dienone is 1. The van der Waals surface area contributed by atoms with Crippen molar-refractivity contribution in [3.8, 4) is 0 Å². The van der Waals surface area contributed by atoms with Gasteiger partial charge in [-0.1, -0.05) is 24.3 Å². The molecule has 0 aliphatic carbocycles. The summed E-state index contributed by atoms with van der Waals surface area (Å²) in [5.41, 5.74) is 1.63. The van der Waals surface area contributed by atoms with Crippen molar-refractivity contribution in [3.05, 3.63) is 35.9 Å². The van der Waals surface area contributed by atoms with Crippen LogP contribution in [0.4, 0.5) is 5.69 Å². The highest BCUT2D eigenvalue weighted by molar-refractivity contribution is 7.92. The van der Waals surface area contributed by atoms with E-state index < -0.39 is 10.0 Å². The lowest BCUT2D eigenvalue weighted by Crippen LogP contribution is -2.17. The fourth-order valence-electron chi connectivity index (χ4n) is 1.48. The molecule has 0 amide bonds. The molecule has 0 aliphatic heterocycles. The van der Waals surface area contributed by atoms with Gasteiger partial charge in [0.1, 0.15) is 0 Å². The van der Waals surface area contributed by atoms with Gasteiger partial charge < -0.3 is 4.74 Å². The first kappa shape index (κ1) is 14.7.